The third-order valence-electron chi connectivity index (χ3n) is 3.74. The average molecular weight is 283 g/mol. The highest BCUT2D eigenvalue weighted by atomic mass is 16.4. The normalized spacial score (nSPS) is 12.1. The fraction of sp³-hybridized carbons (Fsp3) is 0.667. The Hall–Kier alpha value is -2.12. The fourth-order valence-electron chi connectivity index (χ4n) is 1.38. The molecule has 0 fully saturated rings. The standard InChI is InChI=1S/C12H21N5O3/c1-11(2,9(18)19)12(3,4)15-10(20)13-6-8-16-14-7-17(8)5/h7H,6H2,1-5H3,(H,18,19)(H2,13,15,20). The number of urea groups is 1. The quantitative estimate of drug-likeness (QED) is 0.729. The van der Waals surface area contributed by atoms with Crippen molar-refractivity contribution in [3.05, 3.63) is 12.2 Å². The summed E-state index contributed by atoms with van der Waals surface area (Å²) in [6, 6.07) is -0.452. The lowest BCUT2D eigenvalue weighted by Gasteiger charge is -2.38. The number of carboxylic acid groups (broad SMARTS) is 1. The number of nitrogens with zero attached hydrogens (tertiary/aromatic N) is 3. The number of carboxylic acids is 1. The van der Waals surface area contributed by atoms with Crippen LogP contribution in [0.4, 0.5) is 4.79 Å². The van der Waals surface area contributed by atoms with Gasteiger partial charge in [-0.3, -0.25) is 4.79 Å². The van der Waals surface area contributed by atoms with Crippen molar-refractivity contribution in [3.63, 3.8) is 0 Å². The first-order chi connectivity index (χ1) is 9.08. The second-order valence-electron chi connectivity index (χ2n) is 5.72. The Morgan fingerprint density at radius 2 is 1.95 bits per heavy atom. The Labute approximate surface area is 117 Å². The maximum atomic E-state index is 11.9. The van der Waals surface area contributed by atoms with Gasteiger partial charge in [0.15, 0.2) is 5.82 Å². The molecule has 0 aromatic carbocycles. The van der Waals surface area contributed by atoms with Gasteiger partial charge in [0.1, 0.15) is 6.33 Å². The molecule has 2 amide bonds. The van der Waals surface area contributed by atoms with E-state index in [9.17, 15) is 14.7 Å². The zero-order valence-electron chi connectivity index (χ0n) is 12.4. The molecule has 8 nitrogen and oxygen atoms in total. The Morgan fingerprint density at radius 3 is 2.40 bits per heavy atom. The van der Waals surface area contributed by atoms with E-state index in [0.29, 0.717) is 5.82 Å². The number of aromatic nitrogens is 3. The van der Waals surface area contributed by atoms with Crippen LogP contribution in [0.2, 0.25) is 0 Å². The summed E-state index contributed by atoms with van der Waals surface area (Å²) in [4.78, 5) is 23.1. The lowest BCUT2D eigenvalue weighted by molar-refractivity contribution is -0.150. The molecule has 0 atom stereocenters. The molecule has 0 bridgehead atoms. The summed E-state index contributed by atoms with van der Waals surface area (Å²) in [6.07, 6.45) is 1.53. The second-order valence-corrected chi connectivity index (χ2v) is 5.72. The second kappa shape index (κ2) is 5.48. The third-order valence-corrected chi connectivity index (χ3v) is 3.74. The van der Waals surface area contributed by atoms with Gasteiger partial charge >= 0.3 is 12.0 Å². The van der Waals surface area contributed by atoms with E-state index in [0.717, 1.165) is 0 Å². The molecule has 1 aromatic rings. The largest absolute Gasteiger partial charge is 0.481 e. The van der Waals surface area contributed by atoms with Crippen molar-refractivity contribution >= 4 is 12.0 Å². The van der Waals surface area contributed by atoms with Crippen LogP contribution < -0.4 is 10.6 Å². The van der Waals surface area contributed by atoms with Crippen LogP contribution in [0.3, 0.4) is 0 Å². The Balaban J connectivity index is 2.62. The highest BCUT2D eigenvalue weighted by Gasteiger charge is 2.44. The van der Waals surface area contributed by atoms with Crippen molar-refractivity contribution in [1.29, 1.82) is 0 Å². The molecule has 3 N–H and O–H groups in total. The molecule has 0 saturated carbocycles. The zero-order valence-corrected chi connectivity index (χ0v) is 12.4. The van der Waals surface area contributed by atoms with Gasteiger partial charge in [-0.2, -0.15) is 0 Å². The minimum Gasteiger partial charge on any atom is -0.481 e. The number of aliphatic carboxylic acids is 1. The highest BCUT2D eigenvalue weighted by Crippen LogP contribution is 2.30. The third kappa shape index (κ3) is 3.25. The maximum Gasteiger partial charge on any atom is 0.315 e. The van der Waals surface area contributed by atoms with Crippen LogP contribution in [0.15, 0.2) is 6.33 Å². The monoisotopic (exact) mass is 283 g/mol. The first-order valence-electron chi connectivity index (χ1n) is 6.20. The van der Waals surface area contributed by atoms with Crippen LogP contribution in [-0.2, 0) is 18.4 Å². The summed E-state index contributed by atoms with van der Waals surface area (Å²) in [7, 11) is 1.77. The van der Waals surface area contributed by atoms with E-state index >= 15 is 0 Å². The van der Waals surface area contributed by atoms with Crippen molar-refractivity contribution in [2.75, 3.05) is 0 Å². The smallest absolute Gasteiger partial charge is 0.315 e. The van der Waals surface area contributed by atoms with E-state index in [-0.39, 0.29) is 6.54 Å². The Morgan fingerprint density at radius 1 is 1.35 bits per heavy atom. The van der Waals surface area contributed by atoms with E-state index < -0.39 is 23.0 Å². The van der Waals surface area contributed by atoms with Gasteiger partial charge < -0.3 is 20.3 Å². The molecule has 20 heavy (non-hydrogen) atoms. The molecule has 0 unspecified atom stereocenters. The summed E-state index contributed by atoms with van der Waals surface area (Å²) < 4.78 is 1.69. The van der Waals surface area contributed by atoms with Gasteiger partial charge in [0.2, 0.25) is 0 Å². The zero-order chi connectivity index (χ0) is 15.6. The molecule has 0 saturated heterocycles. The van der Waals surface area contributed by atoms with E-state index in [1.165, 1.54) is 6.33 Å². The summed E-state index contributed by atoms with van der Waals surface area (Å²) in [5, 5.41) is 22.0. The molecular weight excluding hydrogens is 262 g/mol. The van der Waals surface area contributed by atoms with Crippen molar-refractivity contribution in [2.45, 2.75) is 39.8 Å². The number of carbonyl (C=O) groups excluding carboxylic acids is 1. The van der Waals surface area contributed by atoms with Gasteiger partial charge in [-0.1, -0.05) is 0 Å². The molecule has 112 valence electrons. The van der Waals surface area contributed by atoms with Gasteiger partial charge in [-0.05, 0) is 27.7 Å². The first-order valence-corrected chi connectivity index (χ1v) is 6.20. The van der Waals surface area contributed by atoms with Gasteiger partial charge in [-0.25, -0.2) is 4.79 Å². The summed E-state index contributed by atoms with van der Waals surface area (Å²) >= 11 is 0. The molecule has 0 radical (unpaired) electrons. The predicted molar refractivity (Wildman–Crippen MR) is 71.9 cm³/mol. The van der Waals surface area contributed by atoms with Crippen molar-refractivity contribution in [2.24, 2.45) is 12.5 Å². The minimum absolute atomic E-state index is 0.214. The summed E-state index contributed by atoms with van der Waals surface area (Å²) in [5.74, 6) is -0.369. The molecule has 0 aliphatic rings. The molecule has 1 rings (SSSR count). The number of carbonyl (C=O) groups is 2. The predicted octanol–water partition coefficient (Wildman–Crippen LogP) is 0.504. The molecule has 0 aliphatic carbocycles. The van der Waals surface area contributed by atoms with E-state index in [1.807, 2.05) is 0 Å². The maximum absolute atomic E-state index is 11.9. The average Bonchev–Trinajstić information content (AvgIpc) is 2.71. The number of hydrogen-bond donors (Lipinski definition) is 3. The van der Waals surface area contributed by atoms with Gasteiger partial charge in [0.25, 0.3) is 0 Å². The molecule has 1 heterocycles. The lowest BCUT2D eigenvalue weighted by Crippen LogP contribution is -2.59. The summed E-state index contributed by atoms with van der Waals surface area (Å²) in [6.45, 7) is 6.69. The highest BCUT2D eigenvalue weighted by molar-refractivity contribution is 5.79. The van der Waals surface area contributed by atoms with Crippen LogP contribution in [0.1, 0.15) is 33.5 Å². The Bertz CT molecular complexity index is 507. The summed E-state index contributed by atoms with van der Waals surface area (Å²) in [5.41, 5.74) is -2.02. The Kier molecular flexibility index (Phi) is 4.36. The van der Waals surface area contributed by atoms with E-state index in [4.69, 9.17) is 0 Å². The molecule has 0 aliphatic heterocycles. The molecule has 0 spiro atoms. The fourth-order valence-corrected chi connectivity index (χ4v) is 1.38. The minimum atomic E-state index is -1.10. The van der Waals surface area contributed by atoms with Crippen molar-refractivity contribution in [1.82, 2.24) is 25.4 Å². The SMILES string of the molecule is Cn1cnnc1CNC(=O)NC(C)(C)C(C)(C)C(=O)O. The van der Waals surface area contributed by atoms with Crippen molar-refractivity contribution in [3.8, 4) is 0 Å². The van der Waals surface area contributed by atoms with Crippen LogP contribution >= 0.6 is 0 Å². The number of rotatable bonds is 5. The van der Waals surface area contributed by atoms with Crippen LogP contribution in [0, 0.1) is 5.41 Å². The number of hydrogen-bond acceptors (Lipinski definition) is 4. The van der Waals surface area contributed by atoms with E-state index in [2.05, 4.69) is 20.8 Å². The number of aryl methyl sites for hydroxylation is 1. The van der Waals surface area contributed by atoms with Crippen LogP contribution in [-0.4, -0.2) is 37.4 Å². The van der Waals surface area contributed by atoms with Gasteiger partial charge in [0.05, 0.1) is 17.5 Å². The first kappa shape index (κ1) is 15.9. The molecule has 8 heteroatoms. The van der Waals surface area contributed by atoms with Crippen molar-refractivity contribution < 1.29 is 14.7 Å². The number of nitrogens with one attached hydrogen (secondary N) is 2. The topological polar surface area (TPSA) is 109 Å². The molecule has 1 aromatic heterocycles. The van der Waals surface area contributed by atoms with Gasteiger partial charge in [-0.15, -0.1) is 10.2 Å². The number of amides is 2. The van der Waals surface area contributed by atoms with Crippen LogP contribution in [0.25, 0.3) is 0 Å². The molecular formula is C12H21N5O3. The van der Waals surface area contributed by atoms with Gasteiger partial charge in [0, 0.05) is 7.05 Å². The van der Waals surface area contributed by atoms with Crippen LogP contribution in [0.5, 0.6) is 0 Å². The lowest BCUT2D eigenvalue weighted by atomic mass is 9.74. The van der Waals surface area contributed by atoms with E-state index in [1.54, 1.807) is 39.3 Å².